The van der Waals surface area contributed by atoms with Crippen LogP contribution in [-0.2, 0) is 6.54 Å². The number of rotatable bonds is 5. The third kappa shape index (κ3) is 5.33. The van der Waals surface area contributed by atoms with E-state index >= 15 is 0 Å². The highest BCUT2D eigenvalue weighted by Crippen LogP contribution is 2.27. The zero-order valence-corrected chi connectivity index (χ0v) is 21.7. The number of aliphatic imine (C=N–C) groups is 1. The van der Waals surface area contributed by atoms with Crippen molar-refractivity contribution in [3.8, 4) is 5.69 Å². The third-order valence-electron chi connectivity index (χ3n) is 6.09. The number of aromatic nitrogens is 4. The van der Waals surface area contributed by atoms with Crippen molar-refractivity contribution in [3.05, 3.63) is 66.0 Å². The standard InChI is InChI=1S/C24H33N7.HI/c1-5-26-24(29-12-10-18(2)23(16-29)30-13-11-25-17-30)27-15-21-8-6-7-9-22(21)31-20(4)14-19(3)28-31;/h6-9,11,13-14,17-18,23H,5,10,12,15-16H2,1-4H3,(H,26,27);1H. The number of nitrogens with zero attached hydrogens (tertiary/aromatic N) is 6. The van der Waals surface area contributed by atoms with E-state index in [4.69, 9.17) is 4.99 Å². The van der Waals surface area contributed by atoms with Crippen LogP contribution in [-0.4, -0.2) is 49.8 Å². The van der Waals surface area contributed by atoms with Crippen LogP contribution in [0.25, 0.3) is 5.69 Å². The molecule has 2 aromatic heterocycles. The maximum atomic E-state index is 5.04. The van der Waals surface area contributed by atoms with Gasteiger partial charge in [-0.3, -0.25) is 0 Å². The van der Waals surface area contributed by atoms with Gasteiger partial charge in [-0.15, -0.1) is 24.0 Å². The Balaban J connectivity index is 0.00000289. The summed E-state index contributed by atoms with van der Waals surface area (Å²) in [5.74, 6) is 1.59. The third-order valence-corrected chi connectivity index (χ3v) is 6.09. The van der Waals surface area contributed by atoms with Crippen LogP contribution in [0.15, 0.2) is 54.0 Å². The number of piperidine rings is 1. The van der Waals surface area contributed by atoms with Crippen LogP contribution in [0.4, 0.5) is 0 Å². The molecule has 0 spiro atoms. The van der Waals surface area contributed by atoms with Gasteiger partial charge >= 0.3 is 0 Å². The van der Waals surface area contributed by atoms with Crippen molar-refractivity contribution < 1.29 is 0 Å². The Bertz CT molecular complexity index is 1020. The van der Waals surface area contributed by atoms with Gasteiger partial charge in [-0.25, -0.2) is 14.7 Å². The second-order valence-electron chi connectivity index (χ2n) is 8.43. The largest absolute Gasteiger partial charge is 0.357 e. The van der Waals surface area contributed by atoms with Crippen molar-refractivity contribution in [3.63, 3.8) is 0 Å². The lowest BCUT2D eigenvalue weighted by molar-refractivity contribution is 0.189. The minimum atomic E-state index is 0. The second-order valence-corrected chi connectivity index (χ2v) is 8.43. The molecule has 8 heteroatoms. The summed E-state index contributed by atoms with van der Waals surface area (Å²) in [6, 6.07) is 10.9. The van der Waals surface area contributed by atoms with Crippen molar-refractivity contribution in [2.24, 2.45) is 10.9 Å². The lowest BCUT2D eigenvalue weighted by Crippen LogP contribution is -2.49. The number of likely N-dealkylation sites (tertiary alicyclic amines) is 1. The maximum absolute atomic E-state index is 5.04. The predicted octanol–water partition coefficient (Wildman–Crippen LogP) is 4.35. The molecule has 1 fully saturated rings. The molecule has 4 rings (SSSR count). The molecule has 2 unspecified atom stereocenters. The maximum Gasteiger partial charge on any atom is 0.194 e. The quantitative estimate of drug-likeness (QED) is 0.293. The molecule has 3 heterocycles. The van der Waals surface area contributed by atoms with Crippen LogP contribution >= 0.6 is 24.0 Å². The minimum absolute atomic E-state index is 0. The lowest BCUT2D eigenvalue weighted by atomic mass is 9.93. The molecule has 0 radical (unpaired) electrons. The summed E-state index contributed by atoms with van der Waals surface area (Å²) in [4.78, 5) is 11.7. The molecule has 32 heavy (non-hydrogen) atoms. The SMILES string of the molecule is CCNC(=NCc1ccccc1-n1nc(C)cc1C)N1CCC(C)C(n2ccnc2)C1.I. The van der Waals surface area contributed by atoms with E-state index in [9.17, 15) is 0 Å². The number of hydrogen-bond acceptors (Lipinski definition) is 3. The Morgan fingerprint density at radius 2 is 2.06 bits per heavy atom. The summed E-state index contributed by atoms with van der Waals surface area (Å²) < 4.78 is 4.25. The van der Waals surface area contributed by atoms with Gasteiger partial charge in [0.25, 0.3) is 0 Å². The molecule has 2 atom stereocenters. The number of guanidine groups is 1. The number of hydrogen-bond donors (Lipinski definition) is 1. The highest BCUT2D eigenvalue weighted by atomic mass is 127. The predicted molar refractivity (Wildman–Crippen MR) is 140 cm³/mol. The molecule has 1 saturated heterocycles. The topological polar surface area (TPSA) is 63.3 Å². The van der Waals surface area contributed by atoms with Crippen molar-refractivity contribution in [1.82, 2.24) is 29.5 Å². The average molecular weight is 547 g/mol. The number of halogens is 1. The van der Waals surface area contributed by atoms with Gasteiger partial charge in [0.2, 0.25) is 0 Å². The Labute approximate surface area is 208 Å². The lowest BCUT2D eigenvalue weighted by Gasteiger charge is -2.39. The van der Waals surface area contributed by atoms with Crippen LogP contribution in [0.1, 0.15) is 43.3 Å². The highest BCUT2D eigenvalue weighted by Gasteiger charge is 2.28. The molecule has 0 bridgehead atoms. The number of benzene rings is 1. The van der Waals surface area contributed by atoms with Crippen molar-refractivity contribution in [1.29, 1.82) is 0 Å². The fourth-order valence-corrected chi connectivity index (χ4v) is 4.40. The molecule has 172 valence electrons. The van der Waals surface area contributed by atoms with Gasteiger partial charge in [-0.2, -0.15) is 5.10 Å². The molecule has 0 amide bonds. The smallest absolute Gasteiger partial charge is 0.194 e. The van der Waals surface area contributed by atoms with E-state index in [-0.39, 0.29) is 24.0 Å². The molecular weight excluding hydrogens is 513 g/mol. The number of imidazole rings is 1. The molecule has 0 saturated carbocycles. The van der Waals surface area contributed by atoms with E-state index in [0.29, 0.717) is 18.5 Å². The molecular formula is C24H34IN7. The normalized spacial score (nSPS) is 19.0. The number of aryl methyl sites for hydroxylation is 2. The Hall–Kier alpha value is -2.36. The first kappa shape index (κ1) is 24.3. The fourth-order valence-electron chi connectivity index (χ4n) is 4.40. The Kier molecular flexibility index (Phi) is 8.33. The van der Waals surface area contributed by atoms with E-state index in [1.165, 1.54) is 5.56 Å². The monoisotopic (exact) mass is 547 g/mol. The van der Waals surface area contributed by atoms with Gasteiger partial charge < -0.3 is 14.8 Å². The second kappa shape index (κ2) is 11.0. The summed E-state index contributed by atoms with van der Waals surface area (Å²) >= 11 is 0. The first-order chi connectivity index (χ1) is 15.1. The Morgan fingerprint density at radius 3 is 2.75 bits per heavy atom. The van der Waals surface area contributed by atoms with Gasteiger partial charge in [-0.1, -0.05) is 25.1 Å². The first-order valence-corrected chi connectivity index (χ1v) is 11.2. The molecule has 1 aliphatic rings. The van der Waals surface area contributed by atoms with Crippen LogP contribution in [0.5, 0.6) is 0 Å². The van der Waals surface area contributed by atoms with Crippen LogP contribution < -0.4 is 5.32 Å². The summed E-state index contributed by atoms with van der Waals surface area (Å²) in [6.07, 6.45) is 7.00. The highest BCUT2D eigenvalue weighted by molar-refractivity contribution is 14.0. The van der Waals surface area contributed by atoms with E-state index in [1.807, 2.05) is 24.1 Å². The van der Waals surface area contributed by atoms with Gasteiger partial charge in [0, 0.05) is 37.7 Å². The summed E-state index contributed by atoms with van der Waals surface area (Å²) in [5, 5.41) is 8.18. The van der Waals surface area contributed by atoms with E-state index in [2.05, 4.69) is 82.2 Å². The van der Waals surface area contributed by atoms with Gasteiger partial charge in [0.05, 0.1) is 30.3 Å². The minimum Gasteiger partial charge on any atom is -0.357 e. The van der Waals surface area contributed by atoms with Crippen LogP contribution in [0, 0.1) is 19.8 Å². The zero-order chi connectivity index (χ0) is 21.8. The van der Waals surface area contributed by atoms with Crippen LogP contribution in [0.3, 0.4) is 0 Å². The Morgan fingerprint density at radius 1 is 1.25 bits per heavy atom. The average Bonchev–Trinajstić information content (AvgIpc) is 3.41. The van der Waals surface area contributed by atoms with E-state index in [0.717, 1.165) is 49.1 Å². The van der Waals surface area contributed by atoms with Gasteiger partial charge in [-0.05, 0) is 50.8 Å². The van der Waals surface area contributed by atoms with Crippen molar-refractivity contribution >= 4 is 29.9 Å². The fraction of sp³-hybridized carbons (Fsp3) is 0.458. The molecule has 7 nitrogen and oxygen atoms in total. The summed E-state index contributed by atoms with van der Waals surface area (Å²) in [6.45, 7) is 12.0. The molecule has 1 aliphatic heterocycles. The summed E-state index contributed by atoms with van der Waals surface area (Å²) in [5.41, 5.74) is 4.42. The van der Waals surface area contributed by atoms with Crippen LogP contribution in [0.2, 0.25) is 0 Å². The number of para-hydroxylation sites is 1. The van der Waals surface area contributed by atoms with E-state index < -0.39 is 0 Å². The zero-order valence-electron chi connectivity index (χ0n) is 19.4. The number of nitrogens with one attached hydrogen (secondary N) is 1. The molecule has 0 aliphatic carbocycles. The molecule has 3 aromatic rings. The van der Waals surface area contributed by atoms with Gasteiger partial charge in [0.1, 0.15) is 0 Å². The van der Waals surface area contributed by atoms with Gasteiger partial charge in [0.15, 0.2) is 5.96 Å². The van der Waals surface area contributed by atoms with E-state index in [1.54, 1.807) is 0 Å². The van der Waals surface area contributed by atoms with Crippen molar-refractivity contribution in [2.75, 3.05) is 19.6 Å². The molecule has 1 aromatic carbocycles. The van der Waals surface area contributed by atoms with Crippen molar-refractivity contribution in [2.45, 2.75) is 46.7 Å². The summed E-state index contributed by atoms with van der Waals surface area (Å²) in [7, 11) is 0. The first-order valence-electron chi connectivity index (χ1n) is 11.2. The molecule has 1 N–H and O–H groups in total.